The van der Waals surface area contributed by atoms with E-state index in [1.807, 2.05) is 204 Å². The van der Waals surface area contributed by atoms with E-state index in [0.717, 1.165) is 112 Å². The number of aliphatic hydroxyl groups is 5. The summed E-state index contributed by atoms with van der Waals surface area (Å²) in [5.41, 5.74) is 23.8. The average molecular weight is 1470 g/mol. The van der Waals surface area contributed by atoms with Gasteiger partial charge < -0.3 is 35.0 Å². The highest BCUT2D eigenvalue weighted by atomic mass is 16.5. The largest absolute Gasteiger partial charge is 0.497 e. The first-order valence-corrected chi connectivity index (χ1v) is 35.2. The van der Waals surface area contributed by atoms with Crippen LogP contribution in [0.15, 0.2) is 237 Å². The molecule has 0 atom stereocenters. The van der Waals surface area contributed by atoms with Crippen molar-refractivity contribution in [3.8, 4) is 78.5 Å². The van der Waals surface area contributed by atoms with E-state index >= 15 is 0 Å². The highest BCUT2D eigenvalue weighted by Crippen LogP contribution is 2.37. The zero-order chi connectivity index (χ0) is 80.1. The van der Waals surface area contributed by atoms with Gasteiger partial charge in [-0.05, 0) is 171 Å². The first kappa shape index (κ1) is 84.6. The maximum Gasteiger partial charge on any atom is 0.224 e. The molecule has 110 heavy (non-hydrogen) atoms. The number of benzene rings is 10. The summed E-state index contributed by atoms with van der Waals surface area (Å²) < 4.78 is 10.5. The van der Waals surface area contributed by atoms with Gasteiger partial charge in [0.25, 0.3) is 0 Å². The van der Waals surface area contributed by atoms with E-state index in [1.54, 1.807) is 82.6 Å². The Balaban J connectivity index is 0.000000184. The van der Waals surface area contributed by atoms with Crippen LogP contribution >= 0.6 is 0 Å². The summed E-state index contributed by atoms with van der Waals surface area (Å²) in [6.45, 7) is 24.3. The SMILES string of the molecule is CC(=O)c1ccc(-c2ccc(C)cc2CO)cc1.CC(=O)c1ccc(-c2ccc(C)cc2CO)cc1.CC(=O)c1ccc(-c2ccc(C)cc2CO)nc1.CC(=O)c1ccc(-c2ccccc2CO)cc1.COc1ncnc(CO)c1-c1ccc(C(C)=O)cc1.[C-]#[N+]c1cc(C)c(OC)cc1-c1ccc(C(C)=O)cc1. The quantitative estimate of drug-likeness (QED) is 0.0372. The molecule has 560 valence electrons. The van der Waals surface area contributed by atoms with Crippen LogP contribution < -0.4 is 9.47 Å². The second-order valence-corrected chi connectivity index (χ2v) is 25.7. The first-order valence-electron chi connectivity index (χ1n) is 35.2. The summed E-state index contributed by atoms with van der Waals surface area (Å²) in [5.74, 6) is 1.37. The molecule has 12 rings (SSSR count). The number of hydrogen-bond acceptors (Lipinski definition) is 16. The first-order chi connectivity index (χ1) is 52.8. The van der Waals surface area contributed by atoms with Crippen LogP contribution in [-0.4, -0.2) is 89.4 Å². The number of aliphatic hydroxyl groups excluding tert-OH is 5. The number of aryl methyl sites for hydroxylation is 4. The van der Waals surface area contributed by atoms with Crippen LogP contribution in [0.3, 0.4) is 0 Å². The Bertz CT molecular complexity index is 4950. The van der Waals surface area contributed by atoms with Crippen LogP contribution in [0.1, 0.15) is 154 Å². The smallest absolute Gasteiger partial charge is 0.224 e. The van der Waals surface area contributed by atoms with Crippen molar-refractivity contribution in [1.82, 2.24) is 15.0 Å². The molecule has 0 saturated heterocycles. The maximum absolute atomic E-state index is 11.3. The van der Waals surface area contributed by atoms with Crippen molar-refractivity contribution in [3.63, 3.8) is 0 Å². The number of methoxy groups -OCH3 is 2. The predicted molar refractivity (Wildman–Crippen MR) is 433 cm³/mol. The van der Waals surface area contributed by atoms with Gasteiger partial charge in [-0.1, -0.05) is 217 Å². The van der Waals surface area contributed by atoms with Gasteiger partial charge in [-0.3, -0.25) is 33.8 Å². The predicted octanol–water partition coefficient (Wildman–Crippen LogP) is 18.8. The Morgan fingerprint density at radius 3 is 1.05 bits per heavy atom. The normalized spacial score (nSPS) is 10.3. The Labute approximate surface area is 642 Å². The Kier molecular flexibility index (Phi) is 31.9. The van der Waals surface area contributed by atoms with E-state index in [9.17, 15) is 54.3 Å². The molecule has 12 aromatic rings. The number of pyridine rings is 1. The molecule has 2 heterocycles. The van der Waals surface area contributed by atoms with Gasteiger partial charge >= 0.3 is 0 Å². The molecular formula is C93H90N4O13. The molecule has 17 heteroatoms. The highest BCUT2D eigenvalue weighted by molar-refractivity contribution is 5.98. The van der Waals surface area contributed by atoms with Crippen molar-refractivity contribution in [2.75, 3.05) is 14.2 Å². The number of nitrogens with zero attached hydrogens (tertiary/aromatic N) is 4. The molecule has 2 aromatic heterocycles. The minimum Gasteiger partial charge on any atom is -0.497 e. The number of hydrogen-bond donors (Lipinski definition) is 5. The molecule has 0 amide bonds. The molecular weight excluding hydrogens is 1380 g/mol. The Morgan fingerprint density at radius 1 is 0.355 bits per heavy atom. The fraction of sp³-hybridized carbons (Fsp3) is 0.183. The lowest BCUT2D eigenvalue weighted by Crippen LogP contribution is -2.00. The number of ether oxygens (including phenoxy) is 2. The van der Waals surface area contributed by atoms with E-state index in [-0.39, 0.29) is 67.7 Å². The minimum atomic E-state index is -0.206. The van der Waals surface area contributed by atoms with E-state index < -0.39 is 0 Å². The third-order valence-corrected chi connectivity index (χ3v) is 17.8. The van der Waals surface area contributed by atoms with Gasteiger partial charge in [-0.2, -0.15) is 0 Å². The molecule has 0 fully saturated rings. The van der Waals surface area contributed by atoms with E-state index in [4.69, 9.17) is 16.0 Å². The summed E-state index contributed by atoms with van der Waals surface area (Å²) in [6.07, 6.45) is 2.91. The third-order valence-electron chi connectivity index (χ3n) is 17.8. The Hall–Kier alpha value is -12.7. The highest BCUT2D eigenvalue weighted by Gasteiger charge is 2.17. The number of aromatic nitrogens is 3. The fourth-order valence-corrected chi connectivity index (χ4v) is 11.7. The van der Waals surface area contributed by atoms with Crippen molar-refractivity contribution in [2.24, 2.45) is 0 Å². The molecule has 0 radical (unpaired) electrons. The summed E-state index contributed by atoms with van der Waals surface area (Å²) in [6, 6.07) is 69.5. The van der Waals surface area contributed by atoms with Crippen molar-refractivity contribution in [2.45, 2.75) is 102 Å². The van der Waals surface area contributed by atoms with Crippen LogP contribution in [-0.2, 0) is 33.0 Å². The molecule has 0 aliphatic heterocycles. The summed E-state index contributed by atoms with van der Waals surface area (Å²) in [5, 5.41) is 46.8. The standard InChI is InChI=1S/C17H15NO2.2C16H16O2.C15H15NO2.C15H14O2.C14H14N2O3/c1-11-9-16(18-3)15(10-17(11)20-4)14-7-5-13(6-8-14)12(2)19;2*1-11-3-8-16(15(9-11)10-17)14-6-4-13(5-7-14)12(2)18;1-10-3-5-14(13(7-10)9-17)15-6-4-12(8-16-15)11(2)18;1-11(17)12-6-8-13(9-7-12)15-5-3-2-4-14(15)10-16;1-9(18)10-3-5-11(6-4-10)13-12(7-17)15-8-16-14(13)19-2/h5-10H,1-2,4H3;2*3-9,17H,10H2,1-2H3;3-8,17H,9H2,1-2H3;2-9,16H,10H2,1H3;3-6,8,17H,7H2,1-2H3. The number of carbonyl (C=O) groups excluding carboxylic acids is 6. The fourth-order valence-electron chi connectivity index (χ4n) is 11.7. The number of rotatable bonds is 19. The summed E-state index contributed by atoms with van der Waals surface area (Å²) in [7, 11) is 3.12. The molecule has 0 unspecified atom stereocenters. The van der Waals surface area contributed by atoms with Gasteiger partial charge in [0, 0.05) is 45.1 Å². The molecule has 0 bridgehead atoms. The zero-order valence-corrected chi connectivity index (χ0v) is 63.8. The van der Waals surface area contributed by atoms with Gasteiger partial charge in [0.05, 0.1) is 70.8 Å². The van der Waals surface area contributed by atoms with Gasteiger partial charge in [-0.15, -0.1) is 0 Å². The maximum atomic E-state index is 11.3. The van der Waals surface area contributed by atoms with Gasteiger partial charge in [0.2, 0.25) is 5.88 Å². The van der Waals surface area contributed by atoms with Gasteiger partial charge in [0.15, 0.2) is 40.4 Å². The lowest BCUT2D eigenvalue weighted by Gasteiger charge is -2.11. The lowest BCUT2D eigenvalue weighted by atomic mass is 9.97. The second kappa shape index (κ2) is 41.5. The van der Waals surface area contributed by atoms with E-state index in [2.05, 4.69) is 19.8 Å². The number of Topliss-reactive ketones (excluding diaryl/α,β-unsaturated/α-hetero) is 6. The minimum absolute atomic E-state index is 0.000313. The molecule has 10 aromatic carbocycles. The van der Waals surface area contributed by atoms with Crippen LogP contribution in [0.25, 0.3) is 71.7 Å². The van der Waals surface area contributed by atoms with Crippen LogP contribution in [0.2, 0.25) is 0 Å². The van der Waals surface area contributed by atoms with Crippen LogP contribution in [0.5, 0.6) is 11.6 Å². The zero-order valence-electron chi connectivity index (χ0n) is 63.8. The van der Waals surface area contributed by atoms with E-state index in [1.165, 1.54) is 34.2 Å². The van der Waals surface area contributed by atoms with Gasteiger partial charge in [-0.25, -0.2) is 14.8 Å². The average Bonchev–Trinajstić information content (AvgIpc) is 0.834. The topological polar surface area (TPSA) is 265 Å². The monoisotopic (exact) mass is 1470 g/mol. The van der Waals surface area contributed by atoms with E-state index in [0.29, 0.717) is 56.2 Å². The molecule has 0 saturated carbocycles. The summed E-state index contributed by atoms with van der Waals surface area (Å²) in [4.78, 5) is 83.2. The van der Waals surface area contributed by atoms with Crippen molar-refractivity contribution in [1.29, 1.82) is 0 Å². The third kappa shape index (κ3) is 23.2. The number of ketones is 6. The molecule has 17 nitrogen and oxygen atoms in total. The Morgan fingerprint density at radius 2 is 0.709 bits per heavy atom. The second-order valence-electron chi connectivity index (χ2n) is 25.7. The molecule has 0 aliphatic rings. The van der Waals surface area contributed by atoms with Crippen LogP contribution in [0.4, 0.5) is 5.69 Å². The van der Waals surface area contributed by atoms with Crippen molar-refractivity contribution in [3.05, 3.63) is 332 Å². The van der Waals surface area contributed by atoms with Gasteiger partial charge in [0.1, 0.15) is 12.1 Å². The molecule has 0 spiro atoms. The van der Waals surface area contributed by atoms with Crippen molar-refractivity contribution < 1.29 is 63.8 Å². The van der Waals surface area contributed by atoms with Crippen molar-refractivity contribution >= 4 is 40.4 Å². The molecule has 0 aliphatic carbocycles. The lowest BCUT2D eigenvalue weighted by molar-refractivity contribution is 0.100. The summed E-state index contributed by atoms with van der Waals surface area (Å²) >= 11 is 0. The van der Waals surface area contributed by atoms with Crippen LogP contribution in [0, 0.1) is 34.3 Å². The molecule has 5 N–H and O–H groups in total. The number of carbonyl (C=O) groups is 6.